The van der Waals surface area contributed by atoms with E-state index < -0.39 is 0 Å². The van der Waals surface area contributed by atoms with Crippen molar-refractivity contribution in [1.82, 2.24) is 0 Å². The second kappa shape index (κ2) is 3.82. The van der Waals surface area contributed by atoms with Crippen molar-refractivity contribution in [2.24, 2.45) is 0 Å². The molecule has 0 aliphatic carbocycles. The predicted octanol–water partition coefficient (Wildman–Crippen LogP) is 3.80. The minimum atomic E-state index is 0.427. The van der Waals surface area contributed by atoms with Crippen LogP contribution in [0.3, 0.4) is 0 Å². The molecule has 2 rings (SSSR count). The van der Waals surface area contributed by atoms with Gasteiger partial charge in [-0.2, -0.15) is 5.26 Å². The molecule has 1 nitrogen and oxygen atoms in total. The molecule has 0 N–H and O–H groups in total. The molecule has 14 heavy (non-hydrogen) atoms. The van der Waals surface area contributed by atoms with Gasteiger partial charge in [-0.25, -0.2) is 0 Å². The first-order valence-corrected chi connectivity index (χ1v) is 5.77. The molecule has 1 aromatic heterocycles. The number of rotatable bonds is 1. The van der Waals surface area contributed by atoms with Gasteiger partial charge in [-0.05, 0) is 11.6 Å². The number of nitriles is 1. The van der Waals surface area contributed by atoms with Crippen molar-refractivity contribution in [2.45, 2.75) is 10.1 Å². The largest absolute Gasteiger partial charge is 0.192 e. The minimum absolute atomic E-state index is 0.427. The molecule has 0 aliphatic rings. The lowest BCUT2D eigenvalue weighted by atomic mass is 10.1. The number of benzene rings is 1. The molecule has 0 radical (unpaired) electrons. The van der Waals surface area contributed by atoms with E-state index in [1.165, 1.54) is 11.3 Å². The van der Waals surface area contributed by atoms with Gasteiger partial charge in [0.2, 0.25) is 0 Å². The Morgan fingerprint density at radius 3 is 2.93 bits per heavy atom. The first-order valence-electron chi connectivity index (χ1n) is 3.97. The molecule has 0 atom stereocenters. The Balaban J connectivity index is 2.91. The number of hydrogen-bond donors (Lipinski definition) is 1. The van der Waals surface area contributed by atoms with Crippen molar-refractivity contribution >= 4 is 45.7 Å². The summed E-state index contributed by atoms with van der Waals surface area (Å²) in [6.45, 7) is 0. The summed E-state index contributed by atoms with van der Waals surface area (Å²) in [5.41, 5.74) is 1.64. The topological polar surface area (TPSA) is 23.8 Å². The van der Waals surface area contributed by atoms with Crippen molar-refractivity contribution in [3.63, 3.8) is 0 Å². The van der Waals surface area contributed by atoms with E-state index in [1.807, 2.05) is 18.2 Å². The van der Waals surface area contributed by atoms with Crippen LogP contribution in [0.5, 0.6) is 0 Å². The second-order valence-corrected chi connectivity index (χ2v) is 4.89. The van der Waals surface area contributed by atoms with E-state index in [-0.39, 0.29) is 0 Å². The molecule has 0 saturated heterocycles. The SMILES string of the molecule is N#Cc1c(S)sc2cccc(CCl)c12. The van der Waals surface area contributed by atoms with E-state index in [0.29, 0.717) is 11.4 Å². The minimum Gasteiger partial charge on any atom is -0.192 e. The lowest BCUT2D eigenvalue weighted by Gasteiger charge is -1.97. The molecular weight excluding hydrogens is 234 g/mol. The van der Waals surface area contributed by atoms with Gasteiger partial charge in [-0.15, -0.1) is 35.6 Å². The van der Waals surface area contributed by atoms with Crippen LogP contribution in [0.25, 0.3) is 10.1 Å². The van der Waals surface area contributed by atoms with E-state index in [1.54, 1.807) is 0 Å². The van der Waals surface area contributed by atoms with Crippen LogP contribution >= 0.6 is 35.6 Å². The van der Waals surface area contributed by atoms with Gasteiger partial charge in [0.1, 0.15) is 6.07 Å². The van der Waals surface area contributed by atoms with Crippen molar-refractivity contribution in [3.05, 3.63) is 29.3 Å². The lowest BCUT2D eigenvalue weighted by molar-refractivity contribution is 1.43. The summed E-state index contributed by atoms with van der Waals surface area (Å²) in [6, 6.07) is 8.04. The molecular formula is C10H6ClNS2. The van der Waals surface area contributed by atoms with Crippen molar-refractivity contribution in [1.29, 1.82) is 5.26 Å². The summed E-state index contributed by atoms with van der Waals surface area (Å²) >= 11 is 11.6. The van der Waals surface area contributed by atoms with E-state index in [2.05, 4.69) is 18.7 Å². The highest BCUT2D eigenvalue weighted by molar-refractivity contribution is 7.83. The number of thiophene rings is 1. The van der Waals surface area contributed by atoms with Crippen molar-refractivity contribution in [3.8, 4) is 6.07 Å². The molecule has 0 aliphatic heterocycles. The maximum Gasteiger partial charge on any atom is 0.102 e. The normalized spacial score (nSPS) is 10.4. The van der Waals surface area contributed by atoms with Crippen LogP contribution in [0.15, 0.2) is 22.4 Å². The Hall–Kier alpha value is -0.690. The van der Waals surface area contributed by atoms with Gasteiger partial charge in [-0.1, -0.05) is 12.1 Å². The summed E-state index contributed by atoms with van der Waals surface area (Å²) in [5, 5.41) is 9.95. The van der Waals surface area contributed by atoms with Gasteiger partial charge >= 0.3 is 0 Å². The van der Waals surface area contributed by atoms with Gasteiger partial charge in [0.25, 0.3) is 0 Å². The third-order valence-electron chi connectivity index (χ3n) is 2.04. The summed E-state index contributed by atoms with van der Waals surface area (Å²) in [6.07, 6.45) is 0. The predicted molar refractivity (Wildman–Crippen MR) is 63.3 cm³/mol. The Morgan fingerprint density at radius 2 is 2.29 bits per heavy atom. The lowest BCUT2D eigenvalue weighted by Crippen LogP contribution is -1.80. The smallest absolute Gasteiger partial charge is 0.102 e. The first-order chi connectivity index (χ1) is 6.77. The zero-order chi connectivity index (χ0) is 10.1. The Bertz CT molecular complexity index is 525. The fourth-order valence-corrected chi connectivity index (χ4v) is 3.04. The number of thiol groups is 1. The maximum atomic E-state index is 8.99. The zero-order valence-corrected chi connectivity index (χ0v) is 9.59. The average Bonchev–Trinajstić information content (AvgIpc) is 2.52. The monoisotopic (exact) mass is 239 g/mol. The molecule has 0 fully saturated rings. The molecule has 1 heterocycles. The second-order valence-electron chi connectivity index (χ2n) is 2.82. The molecule has 0 saturated carbocycles. The van der Waals surface area contributed by atoms with Crippen molar-refractivity contribution < 1.29 is 0 Å². The molecule has 0 amide bonds. The Kier molecular flexibility index (Phi) is 2.69. The molecule has 4 heteroatoms. The van der Waals surface area contributed by atoms with Crippen LogP contribution in [0.2, 0.25) is 0 Å². The van der Waals surface area contributed by atoms with E-state index in [4.69, 9.17) is 16.9 Å². The van der Waals surface area contributed by atoms with Crippen LogP contribution in [0, 0.1) is 11.3 Å². The quantitative estimate of drug-likeness (QED) is 0.594. The number of alkyl halides is 1. The third kappa shape index (κ3) is 1.40. The van der Waals surface area contributed by atoms with Gasteiger partial charge in [0.05, 0.1) is 9.77 Å². The molecule has 1 aromatic carbocycles. The molecule has 70 valence electrons. The summed E-state index contributed by atoms with van der Waals surface area (Å²) in [4.78, 5) is 0. The van der Waals surface area contributed by atoms with E-state index >= 15 is 0 Å². The fourth-order valence-electron chi connectivity index (χ4n) is 1.42. The zero-order valence-electron chi connectivity index (χ0n) is 7.12. The van der Waals surface area contributed by atoms with Crippen LogP contribution in [0.1, 0.15) is 11.1 Å². The summed E-state index contributed by atoms with van der Waals surface area (Å²) < 4.78 is 1.84. The highest BCUT2D eigenvalue weighted by Crippen LogP contribution is 2.35. The molecule has 0 bridgehead atoms. The maximum absolute atomic E-state index is 8.99. The number of nitrogens with zero attached hydrogens (tertiary/aromatic N) is 1. The number of fused-ring (bicyclic) bond motifs is 1. The Morgan fingerprint density at radius 1 is 1.50 bits per heavy atom. The average molecular weight is 240 g/mol. The molecule has 0 spiro atoms. The van der Waals surface area contributed by atoms with Crippen LogP contribution in [0.4, 0.5) is 0 Å². The molecule has 0 unspecified atom stereocenters. The van der Waals surface area contributed by atoms with Gasteiger partial charge in [0, 0.05) is 16.0 Å². The van der Waals surface area contributed by atoms with Crippen molar-refractivity contribution in [2.75, 3.05) is 0 Å². The highest BCUT2D eigenvalue weighted by Gasteiger charge is 2.11. The first kappa shape index (κ1) is 9.85. The number of hydrogen-bond acceptors (Lipinski definition) is 3. The van der Waals surface area contributed by atoms with E-state index in [0.717, 1.165) is 19.9 Å². The van der Waals surface area contributed by atoms with Gasteiger partial charge in [-0.3, -0.25) is 0 Å². The van der Waals surface area contributed by atoms with Crippen LogP contribution in [-0.4, -0.2) is 0 Å². The van der Waals surface area contributed by atoms with Gasteiger partial charge < -0.3 is 0 Å². The van der Waals surface area contributed by atoms with E-state index in [9.17, 15) is 0 Å². The summed E-state index contributed by atoms with van der Waals surface area (Å²) in [5.74, 6) is 0.427. The van der Waals surface area contributed by atoms with Gasteiger partial charge in [0.15, 0.2) is 0 Å². The highest BCUT2D eigenvalue weighted by atomic mass is 35.5. The third-order valence-corrected chi connectivity index (χ3v) is 3.78. The Labute approximate surface area is 96.3 Å². The summed E-state index contributed by atoms with van der Waals surface area (Å²) in [7, 11) is 0. The van der Waals surface area contributed by atoms with Crippen LogP contribution in [-0.2, 0) is 5.88 Å². The fraction of sp³-hybridized carbons (Fsp3) is 0.100. The standard InChI is InChI=1S/C10H6ClNS2/c11-4-6-2-1-3-8-9(6)7(5-12)10(13)14-8/h1-3,13H,4H2. The molecule has 2 aromatic rings. The van der Waals surface area contributed by atoms with Crippen LogP contribution < -0.4 is 0 Å². The number of halogens is 1.